The van der Waals surface area contributed by atoms with Crippen LogP contribution >= 0.6 is 0 Å². The van der Waals surface area contributed by atoms with Crippen molar-refractivity contribution in [1.82, 2.24) is 9.97 Å². The molecule has 3 aliphatic heterocycles. The predicted molar refractivity (Wildman–Crippen MR) is 107 cm³/mol. The van der Waals surface area contributed by atoms with Gasteiger partial charge in [0.15, 0.2) is 0 Å². The molecule has 0 spiro atoms. The summed E-state index contributed by atoms with van der Waals surface area (Å²) < 4.78 is 5.59. The molecule has 5 rings (SSSR count). The Morgan fingerprint density at radius 2 is 1.86 bits per heavy atom. The Kier molecular flexibility index (Phi) is 3.73. The monoisotopic (exact) mass is 376 g/mol. The topological polar surface area (TPSA) is 58.6 Å². The van der Waals surface area contributed by atoms with Gasteiger partial charge in [0.25, 0.3) is 5.88 Å². The molecule has 0 aliphatic carbocycles. The number of para-hydroxylation sites is 1. The number of aromatic nitrogens is 2. The second-order valence-corrected chi connectivity index (χ2v) is 7.70. The zero-order chi connectivity index (χ0) is 19.5. The SMILES string of the molecule is CCC1c2ncnc3c2N2C(=CN(c4ccccc4)C2C1(CC)CC)C(=O)O3. The van der Waals surface area contributed by atoms with Crippen molar-refractivity contribution in [2.45, 2.75) is 52.1 Å². The Labute approximate surface area is 164 Å². The molecule has 2 atom stereocenters. The Hall–Kier alpha value is -2.89. The molecule has 6 heteroatoms. The van der Waals surface area contributed by atoms with Gasteiger partial charge in [-0.2, -0.15) is 4.98 Å². The van der Waals surface area contributed by atoms with E-state index < -0.39 is 0 Å². The number of anilines is 2. The van der Waals surface area contributed by atoms with E-state index in [1.807, 2.05) is 24.4 Å². The molecule has 2 unspecified atom stereocenters. The van der Waals surface area contributed by atoms with Crippen molar-refractivity contribution in [1.29, 1.82) is 0 Å². The van der Waals surface area contributed by atoms with Crippen molar-refractivity contribution in [3.8, 4) is 5.88 Å². The molecule has 144 valence electrons. The van der Waals surface area contributed by atoms with E-state index in [0.29, 0.717) is 11.6 Å². The van der Waals surface area contributed by atoms with E-state index >= 15 is 0 Å². The van der Waals surface area contributed by atoms with Crippen LogP contribution in [0.15, 0.2) is 48.6 Å². The standard InChI is InChI=1S/C22H24N4O2/c1-4-15-17-18-19(24-13-23-17)28-20(27)16-12-25(14-10-8-7-9-11-14)21(26(16)18)22(15,5-2)6-3/h7-13,15,21H,4-6H2,1-3H3. The van der Waals surface area contributed by atoms with Crippen molar-refractivity contribution in [3.63, 3.8) is 0 Å². The number of esters is 1. The van der Waals surface area contributed by atoms with Gasteiger partial charge in [0.05, 0.1) is 5.69 Å². The largest absolute Gasteiger partial charge is 0.400 e. The van der Waals surface area contributed by atoms with Crippen LogP contribution in [0.5, 0.6) is 5.88 Å². The molecule has 0 bridgehead atoms. The highest BCUT2D eigenvalue weighted by Gasteiger charge is 2.59. The van der Waals surface area contributed by atoms with E-state index in [-0.39, 0.29) is 23.5 Å². The van der Waals surface area contributed by atoms with Gasteiger partial charge in [-0.3, -0.25) is 0 Å². The van der Waals surface area contributed by atoms with Gasteiger partial charge in [0.2, 0.25) is 0 Å². The lowest BCUT2D eigenvalue weighted by atomic mass is 9.63. The molecule has 28 heavy (non-hydrogen) atoms. The summed E-state index contributed by atoms with van der Waals surface area (Å²) >= 11 is 0. The number of carbonyl (C=O) groups excluding carboxylic acids is 1. The third kappa shape index (κ3) is 2.00. The molecule has 2 aromatic rings. The highest BCUT2D eigenvalue weighted by Crippen LogP contribution is 2.60. The first-order valence-electron chi connectivity index (χ1n) is 10.1. The van der Waals surface area contributed by atoms with Gasteiger partial charge < -0.3 is 14.5 Å². The first kappa shape index (κ1) is 17.2. The Balaban J connectivity index is 1.81. The maximum absolute atomic E-state index is 12.8. The highest BCUT2D eigenvalue weighted by molar-refractivity contribution is 6.01. The summed E-state index contributed by atoms with van der Waals surface area (Å²) in [5.41, 5.74) is 3.45. The van der Waals surface area contributed by atoms with Gasteiger partial charge in [-0.05, 0) is 31.4 Å². The van der Waals surface area contributed by atoms with Gasteiger partial charge >= 0.3 is 5.97 Å². The molecule has 0 radical (unpaired) electrons. The maximum Gasteiger partial charge on any atom is 0.363 e. The first-order chi connectivity index (χ1) is 13.7. The zero-order valence-corrected chi connectivity index (χ0v) is 16.4. The minimum atomic E-state index is -0.350. The molecule has 0 amide bonds. The van der Waals surface area contributed by atoms with Gasteiger partial charge in [-0.1, -0.05) is 39.0 Å². The number of hydrogen-bond acceptors (Lipinski definition) is 6. The van der Waals surface area contributed by atoms with E-state index in [1.54, 1.807) is 0 Å². The van der Waals surface area contributed by atoms with Gasteiger partial charge in [0.1, 0.15) is 23.9 Å². The van der Waals surface area contributed by atoms with Crippen molar-refractivity contribution in [2.75, 3.05) is 9.80 Å². The van der Waals surface area contributed by atoms with E-state index in [4.69, 9.17) is 4.74 Å². The summed E-state index contributed by atoms with van der Waals surface area (Å²) in [5, 5.41) is 0. The molecular formula is C22H24N4O2. The fourth-order valence-corrected chi connectivity index (χ4v) is 5.50. The number of hydrogen-bond donors (Lipinski definition) is 0. The predicted octanol–water partition coefficient (Wildman–Crippen LogP) is 4.20. The van der Waals surface area contributed by atoms with Gasteiger partial charge in [-0.25, -0.2) is 9.78 Å². The Morgan fingerprint density at radius 3 is 2.54 bits per heavy atom. The van der Waals surface area contributed by atoms with Crippen LogP contribution in [0.3, 0.4) is 0 Å². The van der Waals surface area contributed by atoms with Crippen LogP contribution in [0, 0.1) is 5.41 Å². The Bertz CT molecular complexity index is 968. The number of benzene rings is 1. The lowest BCUT2D eigenvalue weighted by Gasteiger charge is -2.55. The molecule has 0 saturated carbocycles. The summed E-state index contributed by atoms with van der Waals surface area (Å²) in [4.78, 5) is 26.2. The lowest BCUT2D eigenvalue weighted by Crippen LogP contribution is -2.59. The lowest BCUT2D eigenvalue weighted by molar-refractivity contribution is -0.131. The molecule has 0 saturated heterocycles. The number of carbonyl (C=O) groups is 1. The van der Waals surface area contributed by atoms with E-state index in [2.05, 4.69) is 52.7 Å². The molecular weight excluding hydrogens is 352 g/mol. The average molecular weight is 376 g/mol. The normalized spacial score (nSPS) is 24.0. The third-order valence-electron chi connectivity index (χ3n) is 6.80. The summed E-state index contributed by atoms with van der Waals surface area (Å²) in [6, 6.07) is 10.3. The smallest absolute Gasteiger partial charge is 0.363 e. The van der Waals surface area contributed by atoms with Crippen LogP contribution in [0.4, 0.5) is 11.4 Å². The van der Waals surface area contributed by atoms with Crippen molar-refractivity contribution >= 4 is 17.3 Å². The van der Waals surface area contributed by atoms with Crippen LogP contribution in [-0.2, 0) is 4.79 Å². The van der Waals surface area contributed by atoms with Crippen LogP contribution in [0.25, 0.3) is 0 Å². The molecule has 0 N–H and O–H groups in total. The molecule has 6 nitrogen and oxygen atoms in total. The summed E-state index contributed by atoms with van der Waals surface area (Å²) in [7, 11) is 0. The van der Waals surface area contributed by atoms with Gasteiger partial charge in [-0.15, -0.1) is 0 Å². The van der Waals surface area contributed by atoms with Crippen LogP contribution < -0.4 is 14.5 Å². The summed E-state index contributed by atoms with van der Waals surface area (Å²) in [5.74, 6) is 0.291. The minimum Gasteiger partial charge on any atom is -0.400 e. The average Bonchev–Trinajstić information content (AvgIpc) is 3.15. The number of ether oxygens (including phenoxy) is 1. The zero-order valence-electron chi connectivity index (χ0n) is 16.4. The number of nitrogens with zero attached hydrogens (tertiary/aromatic N) is 4. The van der Waals surface area contributed by atoms with Crippen LogP contribution in [0.1, 0.15) is 51.6 Å². The summed E-state index contributed by atoms with van der Waals surface area (Å²) in [6.07, 6.45) is 6.42. The fraction of sp³-hybridized carbons (Fsp3) is 0.409. The molecule has 1 aromatic heterocycles. The van der Waals surface area contributed by atoms with Crippen LogP contribution in [-0.4, -0.2) is 22.1 Å². The molecule has 4 heterocycles. The first-order valence-corrected chi connectivity index (χ1v) is 10.1. The maximum atomic E-state index is 12.8. The summed E-state index contributed by atoms with van der Waals surface area (Å²) in [6.45, 7) is 6.73. The second-order valence-electron chi connectivity index (χ2n) is 7.70. The van der Waals surface area contributed by atoms with Gasteiger partial charge in [0, 0.05) is 23.2 Å². The fourth-order valence-electron chi connectivity index (χ4n) is 5.50. The molecule has 0 fully saturated rings. The van der Waals surface area contributed by atoms with Crippen molar-refractivity contribution in [3.05, 3.63) is 54.3 Å². The molecule has 3 aliphatic rings. The molecule has 1 aromatic carbocycles. The number of rotatable bonds is 4. The third-order valence-corrected chi connectivity index (χ3v) is 6.80. The van der Waals surface area contributed by atoms with E-state index in [0.717, 1.165) is 36.3 Å². The van der Waals surface area contributed by atoms with E-state index in [9.17, 15) is 4.79 Å². The quantitative estimate of drug-likeness (QED) is 0.745. The minimum absolute atomic E-state index is 0.00468. The van der Waals surface area contributed by atoms with Crippen molar-refractivity contribution in [2.24, 2.45) is 5.41 Å². The Morgan fingerprint density at radius 1 is 1.11 bits per heavy atom. The van der Waals surface area contributed by atoms with E-state index in [1.165, 1.54) is 6.33 Å². The second kappa shape index (κ2) is 6.06. The van der Waals surface area contributed by atoms with Crippen molar-refractivity contribution < 1.29 is 9.53 Å². The van der Waals surface area contributed by atoms with Crippen LogP contribution in [0.2, 0.25) is 0 Å². The highest BCUT2D eigenvalue weighted by atomic mass is 16.5.